The molecule has 21 heavy (non-hydrogen) atoms. The van der Waals surface area contributed by atoms with E-state index in [0.717, 1.165) is 45.6 Å². The molecule has 3 fully saturated rings. The van der Waals surface area contributed by atoms with Gasteiger partial charge in [-0.05, 0) is 39.5 Å². The topological polar surface area (TPSA) is 42.0 Å². The molecule has 2 aliphatic heterocycles. The smallest absolute Gasteiger partial charge is 0.248 e. The van der Waals surface area contributed by atoms with Crippen LogP contribution in [0.2, 0.25) is 0 Å². The number of carbonyl (C=O) groups is 1. The SMILES string of the molecule is CC(C)OCCN1CCC2(CC1)CN(C1CC1)C(=O)CO2. The molecule has 0 aromatic carbocycles. The van der Waals surface area contributed by atoms with Gasteiger partial charge in [-0.3, -0.25) is 4.79 Å². The van der Waals surface area contributed by atoms with Gasteiger partial charge in [0, 0.05) is 25.7 Å². The minimum atomic E-state index is -0.0775. The monoisotopic (exact) mass is 296 g/mol. The number of morpholine rings is 1. The van der Waals surface area contributed by atoms with E-state index in [2.05, 4.69) is 23.6 Å². The van der Waals surface area contributed by atoms with Crippen molar-refractivity contribution in [2.45, 2.75) is 57.3 Å². The van der Waals surface area contributed by atoms with E-state index in [1.807, 2.05) is 0 Å². The van der Waals surface area contributed by atoms with Gasteiger partial charge in [0.25, 0.3) is 0 Å². The zero-order chi connectivity index (χ0) is 14.9. The molecule has 3 aliphatic rings. The van der Waals surface area contributed by atoms with E-state index in [1.54, 1.807) is 0 Å². The van der Waals surface area contributed by atoms with E-state index >= 15 is 0 Å². The number of rotatable bonds is 5. The Labute approximate surface area is 127 Å². The summed E-state index contributed by atoms with van der Waals surface area (Å²) in [5, 5.41) is 0. The Balaban J connectivity index is 1.47. The Morgan fingerprint density at radius 2 is 2.05 bits per heavy atom. The van der Waals surface area contributed by atoms with Gasteiger partial charge in [0.1, 0.15) is 6.61 Å². The second kappa shape index (κ2) is 6.23. The summed E-state index contributed by atoms with van der Waals surface area (Å²) in [6.07, 6.45) is 4.73. The number of amides is 1. The second-order valence-electron chi connectivity index (χ2n) is 6.99. The lowest BCUT2D eigenvalue weighted by atomic mass is 9.89. The van der Waals surface area contributed by atoms with Crippen LogP contribution in [0, 0.1) is 0 Å². The molecule has 0 unspecified atom stereocenters. The second-order valence-corrected chi connectivity index (χ2v) is 6.99. The Bertz CT molecular complexity index is 374. The molecule has 1 aliphatic carbocycles. The van der Waals surface area contributed by atoms with Gasteiger partial charge in [0.05, 0.1) is 24.9 Å². The third-order valence-electron chi connectivity index (χ3n) is 4.89. The summed E-state index contributed by atoms with van der Waals surface area (Å²) in [7, 11) is 0. The summed E-state index contributed by atoms with van der Waals surface area (Å²) in [5.41, 5.74) is -0.0775. The quantitative estimate of drug-likeness (QED) is 0.766. The van der Waals surface area contributed by atoms with Crippen molar-refractivity contribution >= 4 is 5.91 Å². The van der Waals surface area contributed by atoms with Crippen LogP contribution in [-0.2, 0) is 14.3 Å². The number of hydrogen-bond donors (Lipinski definition) is 0. The van der Waals surface area contributed by atoms with E-state index in [-0.39, 0.29) is 18.1 Å². The standard InChI is InChI=1S/C16H28N2O3/c1-13(2)20-10-9-17-7-5-16(6-8-17)12-18(14-3-4-14)15(19)11-21-16/h13-14H,3-12H2,1-2H3. The number of piperidine rings is 1. The molecule has 1 saturated carbocycles. The first kappa shape index (κ1) is 15.3. The van der Waals surface area contributed by atoms with Gasteiger partial charge in [-0.1, -0.05) is 0 Å². The lowest BCUT2D eigenvalue weighted by molar-refractivity contribution is -0.172. The van der Waals surface area contributed by atoms with Crippen LogP contribution in [0.15, 0.2) is 0 Å². The highest BCUT2D eigenvalue weighted by Crippen LogP contribution is 2.36. The molecule has 5 nitrogen and oxygen atoms in total. The number of hydrogen-bond acceptors (Lipinski definition) is 4. The van der Waals surface area contributed by atoms with Crippen LogP contribution in [0.25, 0.3) is 0 Å². The minimum Gasteiger partial charge on any atom is -0.377 e. The molecule has 0 aromatic rings. The average Bonchev–Trinajstić information content (AvgIpc) is 3.28. The summed E-state index contributed by atoms with van der Waals surface area (Å²) in [6.45, 7) is 9.15. The molecule has 0 atom stereocenters. The fraction of sp³-hybridized carbons (Fsp3) is 0.938. The first-order valence-electron chi connectivity index (χ1n) is 8.35. The van der Waals surface area contributed by atoms with E-state index in [0.29, 0.717) is 12.1 Å². The normalized spacial score (nSPS) is 26.8. The zero-order valence-electron chi connectivity index (χ0n) is 13.3. The van der Waals surface area contributed by atoms with Crippen LogP contribution < -0.4 is 0 Å². The average molecular weight is 296 g/mol. The molecule has 0 aromatic heterocycles. The minimum absolute atomic E-state index is 0.0775. The molecule has 0 bridgehead atoms. The van der Waals surface area contributed by atoms with E-state index in [1.165, 1.54) is 12.8 Å². The van der Waals surface area contributed by atoms with E-state index in [4.69, 9.17) is 9.47 Å². The van der Waals surface area contributed by atoms with Crippen molar-refractivity contribution in [3.63, 3.8) is 0 Å². The van der Waals surface area contributed by atoms with Crippen LogP contribution in [0.3, 0.4) is 0 Å². The summed E-state index contributed by atoms with van der Waals surface area (Å²) in [5.74, 6) is 0.191. The molecule has 1 spiro atoms. The zero-order valence-corrected chi connectivity index (χ0v) is 13.3. The Hall–Kier alpha value is -0.650. The van der Waals surface area contributed by atoms with Crippen molar-refractivity contribution < 1.29 is 14.3 Å². The molecular formula is C16H28N2O3. The number of ether oxygens (including phenoxy) is 2. The Morgan fingerprint density at radius 1 is 1.33 bits per heavy atom. The fourth-order valence-corrected chi connectivity index (χ4v) is 3.37. The highest BCUT2D eigenvalue weighted by molar-refractivity contribution is 5.79. The van der Waals surface area contributed by atoms with E-state index in [9.17, 15) is 4.79 Å². The molecule has 1 amide bonds. The van der Waals surface area contributed by atoms with Gasteiger partial charge < -0.3 is 19.3 Å². The van der Waals surface area contributed by atoms with Crippen molar-refractivity contribution in [2.75, 3.05) is 39.4 Å². The van der Waals surface area contributed by atoms with E-state index < -0.39 is 0 Å². The predicted octanol–water partition coefficient (Wildman–Crippen LogP) is 1.27. The Kier molecular flexibility index (Phi) is 4.52. The number of nitrogens with zero attached hydrogens (tertiary/aromatic N) is 2. The van der Waals surface area contributed by atoms with Gasteiger partial charge in [0.2, 0.25) is 5.91 Å². The third-order valence-corrected chi connectivity index (χ3v) is 4.89. The van der Waals surface area contributed by atoms with Crippen molar-refractivity contribution in [3.05, 3.63) is 0 Å². The maximum absolute atomic E-state index is 11.9. The van der Waals surface area contributed by atoms with Crippen LogP contribution in [-0.4, -0.2) is 72.8 Å². The van der Waals surface area contributed by atoms with Crippen molar-refractivity contribution in [2.24, 2.45) is 0 Å². The highest BCUT2D eigenvalue weighted by Gasteiger charge is 2.46. The largest absolute Gasteiger partial charge is 0.377 e. The van der Waals surface area contributed by atoms with Gasteiger partial charge in [-0.25, -0.2) is 0 Å². The summed E-state index contributed by atoms with van der Waals surface area (Å²) >= 11 is 0. The first-order chi connectivity index (χ1) is 10.1. The van der Waals surface area contributed by atoms with Crippen molar-refractivity contribution in [1.82, 2.24) is 9.80 Å². The van der Waals surface area contributed by atoms with Crippen molar-refractivity contribution in [1.29, 1.82) is 0 Å². The molecule has 2 heterocycles. The Morgan fingerprint density at radius 3 is 2.67 bits per heavy atom. The summed E-state index contributed by atoms with van der Waals surface area (Å²) < 4.78 is 11.6. The lowest BCUT2D eigenvalue weighted by Crippen LogP contribution is -2.59. The fourth-order valence-electron chi connectivity index (χ4n) is 3.37. The number of likely N-dealkylation sites (tertiary alicyclic amines) is 1. The molecular weight excluding hydrogens is 268 g/mol. The molecule has 3 rings (SSSR count). The molecule has 5 heteroatoms. The molecule has 0 radical (unpaired) electrons. The van der Waals surface area contributed by atoms with Crippen LogP contribution in [0.4, 0.5) is 0 Å². The van der Waals surface area contributed by atoms with Crippen LogP contribution in [0.5, 0.6) is 0 Å². The highest BCUT2D eigenvalue weighted by atomic mass is 16.5. The predicted molar refractivity (Wildman–Crippen MR) is 80.2 cm³/mol. The summed E-state index contributed by atoms with van der Waals surface area (Å²) in [4.78, 5) is 16.5. The number of carbonyl (C=O) groups excluding carboxylic acids is 1. The summed E-state index contributed by atoms with van der Waals surface area (Å²) in [6, 6.07) is 0.510. The van der Waals surface area contributed by atoms with Gasteiger partial charge in [-0.2, -0.15) is 0 Å². The maximum Gasteiger partial charge on any atom is 0.248 e. The van der Waals surface area contributed by atoms with Crippen LogP contribution in [0.1, 0.15) is 39.5 Å². The lowest BCUT2D eigenvalue weighted by Gasteiger charge is -2.47. The molecule has 0 N–H and O–H groups in total. The molecule has 120 valence electrons. The van der Waals surface area contributed by atoms with Crippen LogP contribution >= 0.6 is 0 Å². The third kappa shape index (κ3) is 3.76. The van der Waals surface area contributed by atoms with Crippen molar-refractivity contribution in [3.8, 4) is 0 Å². The van der Waals surface area contributed by atoms with Gasteiger partial charge in [-0.15, -0.1) is 0 Å². The molecule has 2 saturated heterocycles. The van der Waals surface area contributed by atoms with Gasteiger partial charge >= 0.3 is 0 Å². The first-order valence-corrected chi connectivity index (χ1v) is 8.35. The maximum atomic E-state index is 11.9. The van der Waals surface area contributed by atoms with Gasteiger partial charge in [0.15, 0.2) is 0 Å².